The molecule has 0 saturated carbocycles. The molecule has 0 aliphatic carbocycles. The van der Waals surface area contributed by atoms with Crippen molar-refractivity contribution < 1.29 is 13.7 Å². The molecular formula is C24H24N4O3. The number of hydrogen-bond acceptors (Lipinski definition) is 6. The average Bonchev–Trinajstić information content (AvgIpc) is 3.50. The number of carbonyl (C=O) groups is 1. The molecule has 2 aromatic heterocycles. The van der Waals surface area contributed by atoms with Gasteiger partial charge < -0.3 is 13.8 Å². The molecule has 0 bridgehead atoms. The van der Waals surface area contributed by atoms with E-state index in [1.807, 2.05) is 25.1 Å². The third-order valence-corrected chi connectivity index (χ3v) is 5.34. The van der Waals surface area contributed by atoms with Crippen molar-refractivity contribution >= 4 is 5.91 Å². The average molecular weight is 416 g/mol. The van der Waals surface area contributed by atoms with Crippen molar-refractivity contribution in [2.24, 2.45) is 0 Å². The largest absolute Gasteiger partial charge is 0.425 e. The standard InChI is InChI=1S/C24H24N4O3/c1-17(21-14-15-30-27-21)28(2)24(29)13-12-22-25-26-23(31-22)16-18-8-10-20(11-9-18)19-6-4-3-5-7-19/h3-11,14-15,17H,12-13,16H2,1-2H3/t17-/m0/s1. The van der Waals surface area contributed by atoms with Crippen molar-refractivity contribution in [1.82, 2.24) is 20.3 Å². The fraction of sp³-hybridized carbons (Fsp3) is 0.250. The van der Waals surface area contributed by atoms with Crippen LogP contribution in [-0.4, -0.2) is 33.2 Å². The molecule has 0 aliphatic heterocycles. The second kappa shape index (κ2) is 9.38. The summed E-state index contributed by atoms with van der Waals surface area (Å²) in [6.07, 6.45) is 2.74. The molecule has 0 spiro atoms. The Morgan fingerprint density at radius 1 is 0.968 bits per heavy atom. The van der Waals surface area contributed by atoms with E-state index in [1.54, 1.807) is 18.0 Å². The summed E-state index contributed by atoms with van der Waals surface area (Å²) in [6.45, 7) is 1.91. The SMILES string of the molecule is C[C@@H](c1ccon1)N(C)C(=O)CCc1nnc(Cc2ccc(-c3ccccc3)cc2)o1. The smallest absolute Gasteiger partial charge is 0.223 e. The third-order valence-electron chi connectivity index (χ3n) is 5.34. The van der Waals surface area contributed by atoms with Gasteiger partial charge in [0.15, 0.2) is 0 Å². The summed E-state index contributed by atoms with van der Waals surface area (Å²) in [5.74, 6) is 0.984. The first kappa shape index (κ1) is 20.5. The van der Waals surface area contributed by atoms with Crippen LogP contribution >= 0.6 is 0 Å². The van der Waals surface area contributed by atoms with Crippen molar-refractivity contribution in [3.05, 3.63) is 90.0 Å². The minimum Gasteiger partial charge on any atom is -0.425 e. The van der Waals surface area contributed by atoms with Crippen LogP contribution in [0.4, 0.5) is 0 Å². The Hall–Kier alpha value is -3.74. The van der Waals surface area contributed by atoms with Crippen molar-refractivity contribution in [2.75, 3.05) is 7.05 Å². The number of aryl methyl sites for hydroxylation is 1. The number of benzene rings is 2. The van der Waals surface area contributed by atoms with Crippen LogP contribution in [0.15, 0.2) is 75.9 Å². The van der Waals surface area contributed by atoms with Crippen molar-refractivity contribution in [2.45, 2.75) is 32.2 Å². The Morgan fingerprint density at radius 2 is 1.68 bits per heavy atom. The van der Waals surface area contributed by atoms with Crippen molar-refractivity contribution in [3.8, 4) is 11.1 Å². The molecule has 0 N–H and O–H groups in total. The maximum absolute atomic E-state index is 12.5. The highest BCUT2D eigenvalue weighted by molar-refractivity contribution is 5.76. The van der Waals surface area contributed by atoms with Gasteiger partial charge >= 0.3 is 0 Å². The van der Waals surface area contributed by atoms with E-state index in [0.717, 1.165) is 11.1 Å². The Kier molecular flexibility index (Phi) is 6.21. The number of aromatic nitrogens is 3. The Bertz CT molecular complexity index is 1110. The van der Waals surface area contributed by atoms with Gasteiger partial charge in [-0.3, -0.25) is 4.79 Å². The number of nitrogens with zero attached hydrogens (tertiary/aromatic N) is 4. The first-order valence-electron chi connectivity index (χ1n) is 10.2. The molecule has 7 nitrogen and oxygen atoms in total. The van der Waals surface area contributed by atoms with Crippen molar-refractivity contribution in [3.63, 3.8) is 0 Å². The van der Waals surface area contributed by atoms with Crippen LogP contribution in [-0.2, 0) is 17.6 Å². The number of rotatable bonds is 8. The molecular weight excluding hydrogens is 392 g/mol. The normalized spacial score (nSPS) is 11.9. The lowest BCUT2D eigenvalue weighted by Gasteiger charge is -2.22. The van der Waals surface area contributed by atoms with E-state index in [2.05, 4.69) is 51.8 Å². The third kappa shape index (κ3) is 5.06. The van der Waals surface area contributed by atoms with Crippen LogP contribution in [0.25, 0.3) is 11.1 Å². The zero-order valence-electron chi connectivity index (χ0n) is 17.6. The number of amides is 1. The van der Waals surface area contributed by atoms with E-state index in [0.29, 0.717) is 30.3 Å². The predicted molar refractivity (Wildman–Crippen MR) is 115 cm³/mol. The molecule has 4 aromatic rings. The first-order valence-corrected chi connectivity index (χ1v) is 10.2. The molecule has 0 aliphatic rings. The van der Waals surface area contributed by atoms with Crippen LogP contribution < -0.4 is 0 Å². The highest BCUT2D eigenvalue weighted by Crippen LogP contribution is 2.21. The van der Waals surface area contributed by atoms with E-state index < -0.39 is 0 Å². The summed E-state index contributed by atoms with van der Waals surface area (Å²) < 4.78 is 10.6. The quantitative estimate of drug-likeness (QED) is 0.421. The lowest BCUT2D eigenvalue weighted by atomic mass is 10.0. The van der Waals surface area contributed by atoms with Gasteiger partial charge in [0.05, 0.1) is 12.5 Å². The molecule has 2 aromatic carbocycles. The zero-order chi connectivity index (χ0) is 21.6. The lowest BCUT2D eigenvalue weighted by molar-refractivity contribution is -0.131. The van der Waals surface area contributed by atoms with Gasteiger partial charge in [0, 0.05) is 26.0 Å². The lowest BCUT2D eigenvalue weighted by Crippen LogP contribution is -2.30. The van der Waals surface area contributed by atoms with E-state index in [1.165, 1.54) is 11.8 Å². The Morgan fingerprint density at radius 3 is 2.39 bits per heavy atom. The van der Waals surface area contributed by atoms with Crippen LogP contribution in [0.5, 0.6) is 0 Å². The van der Waals surface area contributed by atoms with Crippen molar-refractivity contribution in [1.29, 1.82) is 0 Å². The fourth-order valence-corrected chi connectivity index (χ4v) is 3.32. The molecule has 0 radical (unpaired) electrons. The zero-order valence-corrected chi connectivity index (χ0v) is 17.6. The van der Waals surface area contributed by atoms with E-state index >= 15 is 0 Å². The molecule has 0 saturated heterocycles. The van der Waals surface area contributed by atoms with E-state index in [4.69, 9.17) is 8.94 Å². The van der Waals surface area contributed by atoms with Gasteiger partial charge in [-0.2, -0.15) is 0 Å². The summed E-state index contributed by atoms with van der Waals surface area (Å²) in [6, 6.07) is 20.1. The monoisotopic (exact) mass is 416 g/mol. The molecule has 7 heteroatoms. The molecule has 31 heavy (non-hydrogen) atoms. The number of hydrogen-bond donors (Lipinski definition) is 0. The van der Waals surface area contributed by atoms with Gasteiger partial charge in [0.2, 0.25) is 17.7 Å². The van der Waals surface area contributed by atoms with Gasteiger partial charge in [0.1, 0.15) is 12.0 Å². The molecule has 158 valence electrons. The van der Waals surface area contributed by atoms with Crippen LogP contribution in [0, 0.1) is 0 Å². The van der Waals surface area contributed by atoms with Gasteiger partial charge in [-0.05, 0) is 23.6 Å². The second-order valence-corrected chi connectivity index (χ2v) is 7.43. The van der Waals surface area contributed by atoms with E-state index in [-0.39, 0.29) is 18.4 Å². The number of carbonyl (C=O) groups excluding carboxylic acids is 1. The molecule has 1 atom stereocenters. The summed E-state index contributed by atoms with van der Waals surface area (Å²) in [5.41, 5.74) is 4.15. The maximum Gasteiger partial charge on any atom is 0.223 e. The summed E-state index contributed by atoms with van der Waals surface area (Å²) in [5, 5.41) is 12.1. The molecule has 2 heterocycles. The second-order valence-electron chi connectivity index (χ2n) is 7.43. The highest BCUT2D eigenvalue weighted by Gasteiger charge is 2.20. The van der Waals surface area contributed by atoms with Crippen LogP contribution in [0.1, 0.15) is 42.4 Å². The van der Waals surface area contributed by atoms with E-state index in [9.17, 15) is 4.79 Å². The topological polar surface area (TPSA) is 85.3 Å². The summed E-state index contributed by atoms with van der Waals surface area (Å²) >= 11 is 0. The molecule has 0 unspecified atom stereocenters. The minimum absolute atomic E-state index is 0.0215. The molecule has 4 rings (SSSR count). The predicted octanol–water partition coefficient (Wildman–Crippen LogP) is 4.47. The van der Waals surface area contributed by atoms with Crippen LogP contribution in [0.2, 0.25) is 0 Å². The Balaban J connectivity index is 1.31. The summed E-state index contributed by atoms with van der Waals surface area (Å²) in [4.78, 5) is 14.1. The summed E-state index contributed by atoms with van der Waals surface area (Å²) in [7, 11) is 1.75. The fourth-order valence-electron chi connectivity index (χ4n) is 3.32. The van der Waals surface area contributed by atoms with Gasteiger partial charge in [-0.15, -0.1) is 10.2 Å². The van der Waals surface area contributed by atoms with Crippen LogP contribution in [0.3, 0.4) is 0 Å². The first-order chi connectivity index (χ1) is 15.1. The minimum atomic E-state index is -0.164. The molecule has 1 amide bonds. The van der Waals surface area contributed by atoms with Gasteiger partial charge in [-0.25, -0.2) is 0 Å². The highest BCUT2D eigenvalue weighted by atomic mass is 16.5. The van der Waals surface area contributed by atoms with Gasteiger partial charge in [-0.1, -0.05) is 59.8 Å². The Labute approximate surface area is 180 Å². The molecule has 0 fully saturated rings. The maximum atomic E-state index is 12.5. The van der Waals surface area contributed by atoms with Gasteiger partial charge in [0.25, 0.3) is 0 Å².